The SMILES string of the molecule is CC(N(C)C(CN)c1occc1Br)C(C)(C)C. The van der Waals surface area contributed by atoms with Crippen LogP contribution in [0.25, 0.3) is 0 Å². The zero-order chi connectivity index (χ0) is 13.2. The van der Waals surface area contributed by atoms with Gasteiger partial charge >= 0.3 is 0 Å². The zero-order valence-electron chi connectivity index (χ0n) is 11.3. The number of rotatable bonds is 4. The average Bonchev–Trinajstić information content (AvgIpc) is 2.63. The van der Waals surface area contributed by atoms with Crippen LogP contribution < -0.4 is 5.73 Å². The van der Waals surface area contributed by atoms with E-state index in [9.17, 15) is 0 Å². The molecule has 0 amide bonds. The van der Waals surface area contributed by atoms with Crippen LogP contribution in [0.15, 0.2) is 21.2 Å². The summed E-state index contributed by atoms with van der Waals surface area (Å²) < 4.78 is 6.52. The molecule has 4 heteroatoms. The highest BCUT2D eigenvalue weighted by Crippen LogP contribution is 2.32. The highest BCUT2D eigenvalue weighted by molar-refractivity contribution is 9.10. The lowest BCUT2D eigenvalue weighted by Gasteiger charge is -2.39. The third-order valence-corrected chi connectivity index (χ3v) is 4.18. The molecule has 0 aliphatic rings. The molecule has 98 valence electrons. The molecule has 0 saturated carbocycles. The predicted octanol–water partition coefficient (Wildman–Crippen LogP) is 3.41. The van der Waals surface area contributed by atoms with E-state index in [0.717, 1.165) is 10.2 Å². The lowest BCUT2D eigenvalue weighted by atomic mass is 9.86. The number of nitrogens with two attached hydrogens (primary N) is 1. The summed E-state index contributed by atoms with van der Waals surface area (Å²) >= 11 is 3.50. The van der Waals surface area contributed by atoms with E-state index in [1.165, 1.54) is 0 Å². The van der Waals surface area contributed by atoms with E-state index in [0.29, 0.717) is 12.6 Å². The minimum atomic E-state index is 0.105. The van der Waals surface area contributed by atoms with E-state index in [2.05, 4.69) is 55.6 Å². The molecule has 0 fully saturated rings. The van der Waals surface area contributed by atoms with Gasteiger partial charge in [-0.25, -0.2) is 0 Å². The lowest BCUT2D eigenvalue weighted by Crippen LogP contribution is -2.43. The Morgan fingerprint density at radius 1 is 1.47 bits per heavy atom. The zero-order valence-corrected chi connectivity index (χ0v) is 12.9. The van der Waals surface area contributed by atoms with E-state index < -0.39 is 0 Å². The summed E-state index contributed by atoms with van der Waals surface area (Å²) in [6, 6.07) is 2.43. The molecule has 1 aromatic heterocycles. The first kappa shape index (κ1) is 14.7. The maximum absolute atomic E-state index is 5.89. The fraction of sp³-hybridized carbons (Fsp3) is 0.692. The molecular weight excluding hydrogens is 280 g/mol. The van der Waals surface area contributed by atoms with Crippen LogP contribution >= 0.6 is 15.9 Å². The normalized spacial score (nSPS) is 16.2. The van der Waals surface area contributed by atoms with Gasteiger partial charge in [-0.3, -0.25) is 4.90 Å². The Kier molecular flexibility index (Phi) is 4.81. The molecule has 17 heavy (non-hydrogen) atoms. The van der Waals surface area contributed by atoms with Gasteiger partial charge in [0.2, 0.25) is 0 Å². The van der Waals surface area contributed by atoms with Crippen molar-refractivity contribution >= 4 is 15.9 Å². The second kappa shape index (κ2) is 5.55. The van der Waals surface area contributed by atoms with Crippen LogP contribution in [0, 0.1) is 5.41 Å². The molecule has 2 atom stereocenters. The molecule has 0 aliphatic carbocycles. The Bertz CT molecular complexity index is 357. The molecule has 3 nitrogen and oxygen atoms in total. The van der Waals surface area contributed by atoms with Crippen molar-refractivity contribution in [2.24, 2.45) is 11.1 Å². The third-order valence-electron chi connectivity index (χ3n) is 3.53. The standard InChI is InChI=1S/C13H23BrN2O/c1-9(13(2,3)4)16(5)11(8-15)12-10(14)6-7-17-12/h6-7,9,11H,8,15H2,1-5H3. The van der Waals surface area contributed by atoms with Crippen LogP contribution in [-0.2, 0) is 0 Å². The molecule has 1 rings (SSSR count). The minimum absolute atomic E-state index is 0.105. The van der Waals surface area contributed by atoms with Gasteiger partial charge in [0.25, 0.3) is 0 Å². The summed E-state index contributed by atoms with van der Waals surface area (Å²) in [5.41, 5.74) is 6.10. The summed E-state index contributed by atoms with van der Waals surface area (Å²) in [5.74, 6) is 0.908. The molecule has 0 aromatic carbocycles. The first-order valence-electron chi connectivity index (χ1n) is 5.94. The molecular formula is C13H23BrN2O. The van der Waals surface area contributed by atoms with Crippen LogP contribution in [0.5, 0.6) is 0 Å². The minimum Gasteiger partial charge on any atom is -0.466 e. The Morgan fingerprint density at radius 2 is 2.06 bits per heavy atom. The van der Waals surface area contributed by atoms with Crippen molar-refractivity contribution in [2.45, 2.75) is 39.8 Å². The second-order valence-corrected chi connectivity index (χ2v) is 6.45. The van der Waals surface area contributed by atoms with Crippen molar-refractivity contribution in [3.05, 3.63) is 22.6 Å². The largest absolute Gasteiger partial charge is 0.466 e. The van der Waals surface area contributed by atoms with Gasteiger partial charge in [-0.2, -0.15) is 0 Å². The van der Waals surface area contributed by atoms with Gasteiger partial charge in [0.05, 0.1) is 16.8 Å². The van der Waals surface area contributed by atoms with Crippen molar-refractivity contribution in [1.29, 1.82) is 0 Å². The van der Waals surface area contributed by atoms with Crippen LogP contribution in [0.3, 0.4) is 0 Å². The number of hydrogen-bond acceptors (Lipinski definition) is 3. The molecule has 2 unspecified atom stereocenters. The molecule has 0 bridgehead atoms. The van der Waals surface area contributed by atoms with Crippen LogP contribution in [-0.4, -0.2) is 24.5 Å². The van der Waals surface area contributed by atoms with Gasteiger partial charge < -0.3 is 10.2 Å². The van der Waals surface area contributed by atoms with Gasteiger partial charge in [-0.15, -0.1) is 0 Å². The monoisotopic (exact) mass is 302 g/mol. The molecule has 1 heterocycles. The quantitative estimate of drug-likeness (QED) is 0.927. The van der Waals surface area contributed by atoms with Crippen LogP contribution in [0.1, 0.15) is 39.5 Å². The lowest BCUT2D eigenvalue weighted by molar-refractivity contribution is 0.0894. The molecule has 1 aromatic rings. The van der Waals surface area contributed by atoms with Crippen molar-refractivity contribution in [3.63, 3.8) is 0 Å². The maximum atomic E-state index is 5.89. The first-order chi connectivity index (χ1) is 7.79. The van der Waals surface area contributed by atoms with Crippen molar-refractivity contribution in [1.82, 2.24) is 4.90 Å². The van der Waals surface area contributed by atoms with Crippen molar-refractivity contribution < 1.29 is 4.42 Å². The highest BCUT2D eigenvalue weighted by Gasteiger charge is 2.30. The van der Waals surface area contributed by atoms with E-state index in [4.69, 9.17) is 10.2 Å². The molecule has 0 spiro atoms. The average molecular weight is 303 g/mol. The summed E-state index contributed by atoms with van der Waals surface area (Å²) in [6.45, 7) is 9.47. The highest BCUT2D eigenvalue weighted by atomic mass is 79.9. The fourth-order valence-electron chi connectivity index (χ4n) is 1.88. The van der Waals surface area contributed by atoms with E-state index in [-0.39, 0.29) is 11.5 Å². The molecule has 0 aliphatic heterocycles. The third kappa shape index (κ3) is 3.33. The van der Waals surface area contributed by atoms with Crippen LogP contribution in [0.2, 0.25) is 0 Å². The number of likely N-dealkylation sites (N-methyl/N-ethyl adjacent to an activating group) is 1. The Hall–Kier alpha value is -0.320. The maximum Gasteiger partial charge on any atom is 0.136 e. The number of halogens is 1. The summed E-state index contributed by atoms with van der Waals surface area (Å²) in [5, 5.41) is 0. The Labute approximate surface area is 112 Å². The van der Waals surface area contributed by atoms with Gasteiger partial charge in [0.1, 0.15) is 5.76 Å². The van der Waals surface area contributed by atoms with Gasteiger partial charge in [-0.1, -0.05) is 20.8 Å². The van der Waals surface area contributed by atoms with E-state index >= 15 is 0 Å². The Balaban J connectivity index is 2.93. The predicted molar refractivity (Wildman–Crippen MR) is 74.9 cm³/mol. The number of furan rings is 1. The topological polar surface area (TPSA) is 42.4 Å². The van der Waals surface area contributed by atoms with E-state index in [1.54, 1.807) is 6.26 Å². The molecule has 2 N–H and O–H groups in total. The number of nitrogens with zero attached hydrogens (tertiary/aromatic N) is 1. The summed E-state index contributed by atoms with van der Waals surface area (Å²) in [4.78, 5) is 2.28. The van der Waals surface area contributed by atoms with Crippen LogP contribution in [0.4, 0.5) is 0 Å². The molecule has 0 radical (unpaired) electrons. The second-order valence-electron chi connectivity index (χ2n) is 5.59. The smallest absolute Gasteiger partial charge is 0.136 e. The van der Waals surface area contributed by atoms with Gasteiger partial charge in [-0.05, 0) is 41.4 Å². The summed E-state index contributed by atoms with van der Waals surface area (Å²) in [6.07, 6.45) is 1.69. The van der Waals surface area contributed by atoms with E-state index in [1.807, 2.05) is 6.07 Å². The van der Waals surface area contributed by atoms with Crippen molar-refractivity contribution in [3.8, 4) is 0 Å². The van der Waals surface area contributed by atoms with Gasteiger partial charge in [0.15, 0.2) is 0 Å². The fourth-order valence-corrected chi connectivity index (χ4v) is 2.35. The van der Waals surface area contributed by atoms with Gasteiger partial charge in [0, 0.05) is 12.6 Å². The first-order valence-corrected chi connectivity index (χ1v) is 6.73. The summed E-state index contributed by atoms with van der Waals surface area (Å²) in [7, 11) is 2.10. The number of hydrogen-bond donors (Lipinski definition) is 1. The van der Waals surface area contributed by atoms with Crippen molar-refractivity contribution in [2.75, 3.05) is 13.6 Å². The Morgan fingerprint density at radius 3 is 2.41 bits per heavy atom. The molecule has 0 saturated heterocycles.